The summed E-state index contributed by atoms with van der Waals surface area (Å²) < 4.78 is 0. The van der Waals surface area contributed by atoms with Crippen molar-refractivity contribution in [2.24, 2.45) is 0 Å². The maximum absolute atomic E-state index is 4.19. The van der Waals surface area contributed by atoms with Crippen LogP contribution in [0, 0.1) is 0 Å². The number of aromatic nitrogens is 2. The maximum Gasteiger partial charge on any atom is 0.0931 e. The van der Waals surface area contributed by atoms with Gasteiger partial charge in [-0.15, -0.1) is 0 Å². The monoisotopic (exact) mass is 203 g/mol. The molecule has 1 aromatic carbocycles. The molecular weight excluding hydrogens is 186 g/mol. The van der Waals surface area contributed by atoms with Gasteiger partial charge in [0.2, 0.25) is 0 Å². The Hall–Kier alpha value is -1.51. The lowest BCUT2D eigenvalue weighted by Crippen LogP contribution is -2.29. The van der Waals surface area contributed by atoms with E-state index in [0.717, 1.165) is 23.1 Å². The van der Waals surface area contributed by atoms with Crippen molar-refractivity contribution >= 4 is 16.7 Å². The molecule has 2 N–H and O–H groups in total. The van der Waals surface area contributed by atoms with E-state index in [2.05, 4.69) is 48.2 Å². The third-order valence-electron chi connectivity index (χ3n) is 2.79. The Labute approximate surface area is 89.9 Å². The van der Waals surface area contributed by atoms with Gasteiger partial charge in [0.05, 0.1) is 17.4 Å². The van der Waals surface area contributed by atoms with Gasteiger partial charge in [-0.3, -0.25) is 0 Å². The first-order chi connectivity index (χ1) is 7.11. The summed E-state index contributed by atoms with van der Waals surface area (Å²) >= 11 is 0. The number of fused-ring (bicyclic) bond motifs is 1. The fourth-order valence-electron chi connectivity index (χ4n) is 1.49. The number of imidazole rings is 1. The smallest absolute Gasteiger partial charge is 0.0931 e. The minimum atomic E-state index is 0.133. The molecule has 3 heteroatoms. The molecule has 0 amide bonds. The molecule has 2 aromatic rings. The molecule has 0 aliphatic carbocycles. The van der Waals surface area contributed by atoms with Gasteiger partial charge in [0.15, 0.2) is 0 Å². The Kier molecular flexibility index (Phi) is 2.39. The van der Waals surface area contributed by atoms with Crippen LogP contribution in [0.15, 0.2) is 24.5 Å². The molecule has 0 spiro atoms. The fraction of sp³-hybridized carbons (Fsp3) is 0.417. The highest BCUT2D eigenvalue weighted by Gasteiger charge is 2.14. The van der Waals surface area contributed by atoms with Crippen molar-refractivity contribution in [2.45, 2.75) is 32.7 Å². The lowest BCUT2D eigenvalue weighted by atomic mass is 10.0. The van der Waals surface area contributed by atoms with E-state index in [0.29, 0.717) is 0 Å². The molecule has 1 heterocycles. The van der Waals surface area contributed by atoms with Crippen molar-refractivity contribution in [1.29, 1.82) is 0 Å². The number of anilines is 1. The Bertz CT molecular complexity index is 457. The first-order valence-electron chi connectivity index (χ1n) is 5.32. The van der Waals surface area contributed by atoms with Crippen LogP contribution in [0.1, 0.15) is 27.2 Å². The second-order valence-corrected chi connectivity index (χ2v) is 4.50. The molecule has 0 aliphatic rings. The van der Waals surface area contributed by atoms with E-state index in [4.69, 9.17) is 0 Å². The molecule has 0 aliphatic heterocycles. The zero-order valence-electron chi connectivity index (χ0n) is 9.46. The Morgan fingerprint density at radius 3 is 2.93 bits per heavy atom. The molecule has 0 unspecified atom stereocenters. The van der Waals surface area contributed by atoms with Crippen molar-refractivity contribution in [3.05, 3.63) is 24.5 Å². The molecule has 1 aromatic heterocycles. The largest absolute Gasteiger partial charge is 0.380 e. The zero-order chi connectivity index (χ0) is 10.9. The van der Waals surface area contributed by atoms with Crippen LogP contribution in [0.4, 0.5) is 5.69 Å². The molecule has 3 nitrogen and oxygen atoms in total. The molecule has 0 fully saturated rings. The number of nitrogens with zero attached hydrogens (tertiary/aromatic N) is 1. The molecule has 0 saturated heterocycles. The topological polar surface area (TPSA) is 40.7 Å². The van der Waals surface area contributed by atoms with E-state index in [1.165, 1.54) is 0 Å². The summed E-state index contributed by atoms with van der Waals surface area (Å²) in [5.74, 6) is 0. The summed E-state index contributed by atoms with van der Waals surface area (Å²) in [7, 11) is 0. The third-order valence-corrected chi connectivity index (χ3v) is 2.79. The number of H-pyrrole nitrogens is 1. The normalized spacial score (nSPS) is 11.9. The fourth-order valence-corrected chi connectivity index (χ4v) is 1.49. The molecule has 80 valence electrons. The SMILES string of the molecule is CCC(C)(C)Nc1ccc2nc[nH]c2c1. The number of hydrogen-bond acceptors (Lipinski definition) is 2. The molecule has 0 radical (unpaired) electrons. The summed E-state index contributed by atoms with van der Waals surface area (Å²) in [4.78, 5) is 7.31. The van der Waals surface area contributed by atoms with E-state index < -0.39 is 0 Å². The van der Waals surface area contributed by atoms with Crippen LogP contribution in [-0.4, -0.2) is 15.5 Å². The Morgan fingerprint density at radius 2 is 2.20 bits per heavy atom. The van der Waals surface area contributed by atoms with Crippen LogP contribution < -0.4 is 5.32 Å². The molecular formula is C12H17N3. The first-order valence-corrected chi connectivity index (χ1v) is 5.32. The van der Waals surface area contributed by atoms with Crippen LogP contribution in [-0.2, 0) is 0 Å². The van der Waals surface area contributed by atoms with Gasteiger partial charge in [-0.25, -0.2) is 4.98 Å². The first kappa shape index (κ1) is 10.0. The maximum atomic E-state index is 4.19. The van der Waals surface area contributed by atoms with Crippen LogP contribution in [0.2, 0.25) is 0 Å². The third kappa shape index (κ3) is 2.12. The van der Waals surface area contributed by atoms with Gasteiger partial charge in [0.25, 0.3) is 0 Å². The number of aromatic amines is 1. The van der Waals surface area contributed by atoms with Crippen molar-refractivity contribution < 1.29 is 0 Å². The summed E-state index contributed by atoms with van der Waals surface area (Å²) in [5, 5.41) is 3.50. The van der Waals surface area contributed by atoms with Crippen LogP contribution in [0.3, 0.4) is 0 Å². The van der Waals surface area contributed by atoms with Gasteiger partial charge in [0.1, 0.15) is 0 Å². The summed E-state index contributed by atoms with van der Waals surface area (Å²) in [6, 6.07) is 6.19. The van der Waals surface area contributed by atoms with Crippen molar-refractivity contribution in [3.8, 4) is 0 Å². The number of hydrogen-bond donors (Lipinski definition) is 2. The van der Waals surface area contributed by atoms with Gasteiger partial charge in [-0.2, -0.15) is 0 Å². The van der Waals surface area contributed by atoms with E-state index in [1.54, 1.807) is 6.33 Å². The second-order valence-electron chi connectivity index (χ2n) is 4.50. The van der Waals surface area contributed by atoms with Crippen LogP contribution in [0.5, 0.6) is 0 Å². The quantitative estimate of drug-likeness (QED) is 0.804. The van der Waals surface area contributed by atoms with Crippen molar-refractivity contribution in [2.75, 3.05) is 5.32 Å². The van der Waals surface area contributed by atoms with Crippen molar-refractivity contribution in [1.82, 2.24) is 9.97 Å². The minimum Gasteiger partial charge on any atom is -0.380 e. The van der Waals surface area contributed by atoms with Gasteiger partial charge in [0, 0.05) is 11.2 Å². The van der Waals surface area contributed by atoms with Gasteiger partial charge in [-0.05, 0) is 38.5 Å². The molecule has 15 heavy (non-hydrogen) atoms. The van der Waals surface area contributed by atoms with E-state index in [1.807, 2.05) is 6.07 Å². The highest BCUT2D eigenvalue weighted by molar-refractivity contribution is 5.78. The number of rotatable bonds is 3. The predicted molar refractivity (Wildman–Crippen MR) is 64.1 cm³/mol. The second kappa shape index (κ2) is 3.57. The molecule has 0 saturated carbocycles. The summed E-state index contributed by atoms with van der Waals surface area (Å²) in [6.07, 6.45) is 2.81. The zero-order valence-corrected chi connectivity index (χ0v) is 9.46. The van der Waals surface area contributed by atoms with E-state index in [9.17, 15) is 0 Å². The average Bonchev–Trinajstić information content (AvgIpc) is 2.64. The highest BCUT2D eigenvalue weighted by atomic mass is 15.0. The van der Waals surface area contributed by atoms with Crippen molar-refractivity contribution in [3.63, 3.8) is 0 Å². The molecule has 0 atom stereocenters. The minimum absolute atomic E-state index is 0.133. The average molecular weight is 203 g/mol. The summed E-state index contributed by atoms with van der Waals surface area (Å²) in [5.41, 5.74) is 3.36. The Morgan fingerprint density at radius 1 is 1.40 bits per heavy atom. The van der Waals surface area contributed by atoms with Gasteiger partial charge < -0.3 is 10.3 Å². The number of nitrogens with one attached hydrogen (secondary N) is 2. The van der Waals surface area contributed by atoms with Crippen LogP contribution >= 0.6 is 0 Å². The standard InChI is InChI=1S/C12H17N3/c1-4-12(2,3)15-9-5-6-10-11(7-9)14-8-13-10/h5-8,15H,4H2,1-3H3,(H,13,14). The summed E-state index contributed by atoms with van der Waals surface area (Å²) in [6.45, 7) is 6.58. The molecule has 2 rings (SSSR count). The van der Waals surface area contributed by atoms with Crippen LogP contribution in [0.25, 0.3) is 11.0 Å². The van der Waals surface area contributed by atoms with E-state index in [-0.39, 0.29) is 5.54 Å². The lowest BCUT2D eigenvalue weighted by Gasteiger charge is -2.25. The predicted octanol–water partition coefficient (Wildman–Crippen LogP) is 3.16. The van der Waals surface area contributed by atoms with Gasteiger partial charge in [-0.1, -0.05) is 6.92 Å². The molecule has 0 bridgehead atoms. The van der Waals surface area contributed by atoms with E-state index >= 15 is 0 Å². The lowest BCUT2D eigenvalue weighted by molar-refractivity contribution is 0.547. The highest BCUT2D eigenvalue weighted by Crippen LogP contribution is 2.20. The Balaban J connectivity index is 2.28. The number of benzene rings is 1. The van der Waals surface area contributed by atoms with Gasteiger partial charge >= 0.3 is 0 Å².